The molecular formula is C16H23N5. The number of hydrogen-bond donors (Lipinski definition) is 1. The molecule has 2 aromatic rings. The minimum absolute atomic E-state index is 0.834. The van der Waals surface area contributed by atoms with Gasteiger partial charge in [0.15, 0.2) is 0 Å². The predicted molar refractivity (Wildman–Crippen MR) is 86.8 cm³/mol. The molecule has 0 aliphatic heterocycles. The second-order valence-corrected chi connectivity index (χ2v) is 4.90. The van der Waals surface area contributed by atoms with Crippen molar-refractivity contribution in [1.82, 2.24) is 15.0 Å². The molecule has 5 nitrogen and oxygen atoms in total. The second-order valence-electron chi connectivity index (χ2n) is 4.90. The van der Waals surface area contributed by atoms with E-state index in [1.807, 2.05) is 24.4 Å². The summed E-state index contributed by atoms with van der Waals surface area (Å²) in [5.74, 6) is 2.71. The summed E-state index contributed by atoms with van der Waals surface area (Å²) in [6.45, 7) is 5.88. The number of nitrogens with zero attached hydrogens (tertiary/aromatic N) is 4. The lowest BCUT2D eigenvalue weighted by Gasteiger charge is -2.19. The van der Waals surface area contributed by atoms with Crippen LogP contribution in [0.25, 0.3) is 0 Å². The van der Waals surface area contributed by atoms with Gasteiger partial charge in [0.25, 0.3) is 0 Å². The fraction of sp³-hybridized carbons (Fsp3) is 0.438. The maximum atomic E-state index is 4.60. The average molecular weight is 285 g/mol. The van der Waals surface area contributed by atoms with E-state index in [0.717, 1.165) is 49.1 Å². The van der Waals surface area contributed by atoms with E-state index in [9.17, 15) is 0 Å². The Labute approximate surface area is 126 Å². The van der Waals surface area contributed by atoms with Crippen molar-refractivity contribution >= 4 is 11.6 Å². The Bertz CT molecular complexity index is 556. The molecule has 0 amide bonds. The normalized spacial score (nSPS) is 10.4. The van der Waals surface area contributed by atoms with E-state index in [-0.39, 0.29) is 0 Å². The molecule has 0 unspecified atom stereocenters. The summed E-state index contributed by atoms with van der Waals surface area (Å²) in [7, 11) is 2.06. The fourth-order valence-electron chi connectivity index (χ4n) is 2.05. The summed E-state index contributed by atoms with van der Waals surface area (Å²) < 4.78 is 0. The lowest BCUT2D eigenvalue weighted by molar-refractivity contribution is 0.822. The van der Waals surface area contributed by atoms with Crippen LogP contribution < -0.4 is 10.2 Å². The number of aryl methyl sites for hydroxylation is 1. The van der Waals surface area contributed by atoms with E-state index in [1.54, 1.807) is 0 Å². The molecule has 2 heterocycles. The lowest BCUT2D eigenvalue weighted by Crippen LogP contribution is -2.22. The van der Waals surface area contributed by atoms with Crippen LogP contribution in [0.1, 0.15) is 25.4 Å². The van der Waals surface area contributed by atoms with Crippen molar-refractivity contribution in [3.05, 3.63) is 42.0 Å². The van der Waals surface area contributed by atoms with Crippen molar-refractivity contribution in [2.24, 2.45) is 0 Å². The van der Waals surface area contributed by atoms with Gasteiger partial charge >= 0.3 is 0 Å². The summed E-state index contributed by atoms with van der Waals surface area (Å²) >= 11 is 0. The van der Waals surface area contributed by atoms with Gasteiger partial charge in [-0.25, -0.2) is 9.97 Å². The van der Waals surface area contributed by atoms with Crippen LogP contribution in [0.15, 0.2) is 30.5 Å². The van der Waals surface area contributed by atoms with Gasteiger partial charge in [0.2, 0.25) is 0 Å². The first kappa shape index (κ1) is 15.2. The summed E-state index contributed by atoms with van der Waals surface area (Å²) in [6, 6.07) is 8.01. The molecule has 21 heavy (non-hydrogen) atoms. The quantitative estimate of drug-likeness (QED) is 0.847. The Balaban J connectivity index is 2.07. The molecule has 0 saturated carbocycles. The summed E-state index contributed by atoms with van der Waals surface area (Å²) in [6.07, 6.45) is 3.57. The van der Waals surface area contributed by atoms with Crippen LogP contribution in [0.3, 0.4) is 0 Å². The van der Waals surface area contributed by atoms with Gasteiger partial charge in [-0.2, -0.15) is 0 Å². The van der Waals surface area contributed by atoms with E-state index < -0.39 is 0 Å². The molecule has 2 aromatic heterocycles. The van der Waals surface area contributed by atoms with Gasteiger partial charge in [0.05, 0.1) is 0 Å². The number of anilines is 2. The van der Waals surface area contributed by atoms with E-state index in [2.05, 4.69) is 52.1 Å². The van der Waals surface area contributed by atoms with E-state index >= 15 is 0 Å². The highest BCUT2D eigenvalue weighted by atomic mass is 15.2. The molecule has 112 valence electrons. The number of hydrogen-bond acceptors (Lipinski definition) is 5. The highest BCUT2D eigenvalue weighted by Crippen LogP contribution is 2.15. The number of nitrogens with one attached hydrogen (secondary N) is 1. The monoisotopic (exact) mass is 285 g/mol. The van der Waals surface area contributed by atoms with Gasteiger partial charge in [-0.3, -0.25) is 4.98 Å². The average Bonchev–Trinajstić information content (AvgIpc) is 2.53. The molecule has 5 heteroatoms. The molecule has 0 fully saturated rings. The van der Waals surface area contributed by atoms with Gasteiger partial charge in [0.1, 0.15) is 17.5 Å². The van der Waals surface area contributed by atoms with Crippen molar-refractivity contribution in [3.8, 4) is 0 Å². The molecule has 2 rings (SSSR count). The number of aromatic nitrogens is 3. The largest absolute Gasteiger partial charge is 0.370 e. The third-order valence-corrected chi connectivity index (χ3v) is 3.25. The van der Waals surface area contributed by atoms with Crippen molar-refractivity contribution in [1.29, 1.82) is 0 Å². The van der Waals surface area contributed by atoms with Gasteiger partial charge in [-0.05, 0) is 19.1 Å². The Morgan fingerprint density at radius 2 is 2.05 bits per heavy atom. The molecule has 0 saturated heterocycles. The van der Waals surface area contributed by atoms with Crippen LogP contribution in [0.4, 0.5) is 11.6 Å². The van der Waals surface area contributed by atoms with Crippen molar-refractivity contribution in [3.63, 3.8) is 0 Å². The van der Waals surface area contributed by atoms with Crippen LogP contribution in [0, 0.1) is 0 Å². The van der Waals surface area contributed by atoms with Gasteiger partial charge in [0, 0.05) is 50.9 Å². The van der Waals surface area contributed by atoms with E-state index in [1.165, 1.54) is 0 Å². The predicted octanol–water partition coefficient (Wildman–Crippen LogP) is 2.54. The first-order valence-corrected chi connectivity index (χ1v) is 7.45. The summed E-state index contributed by atoms with van der Waals surface area (Å²) in [5.41, 5.74) is 1.10. The van der Waals surface area contributed by atoms with Crippen molar-refractivity contribution in [2.75, 3.05) is 30.4 Å². The van der Waals surface area contributed by atoms with Crippen LogP contribution >= 0.6 is 0 Å². The van der Waals surface area contributed by atoms with Crippen LogP contribution in [-0.4, -0.2) is 35.1 Å². The Morgan fingerprint density at radius 1 is 1.19 bits per heavy atom. The maximum absolute atomic E-state index is 4.60. The molecule has 0 aliphatic rings. The maximum Gasteiger partial charge on any atom is 0.134 e. The number of likely N-dealkylation sites (N-methyl/N-ethyl adjacent to an activating group) is 1. The zero-order valence-corrected chi connectivity index (χ0v) is 13.0. The zero-order valence-electron chi connectivity index (χ0n) is 13.0. The molecule has 0 radical (unpaired) electrons. The van der Waals surface area contributed by atoms with Gasteiger partial charge in [-0.15, -0.1) is 0 Å². The SMILES string of the molecule is CCNc1cc(N(C)CCc2ccccn2)nc(CC)n1. The molecular weight excluding hydrogens is 262 g/mol. The van der Waals surface area contributed by atoms with Gasteiger partial charge in [-0.1, -0.05) is 13.0 Å². The first-order valence-electron chi connectivity index (χ1n) is 7.45. The van der Waals surface area contributed by atoms with E-state index in [4.69, 9.17) is 0 Å². The van der Waals surface area contributed by atoms with Gasteiger partial charge < -0.3 is 10.2 Å². The number of pyridine rings is 1. The van der Waals surface area contributed by atoms with Crippen LogP contribution in [-0.2, 0) is 12.8 Å². The standard InChI is InChI=1S/C16H23N5/c1-4-14-19-15(17-5-2)12-16(20-14)21(3)11-9-13-8-6-7-10-18-13/h6-8,10,12H,4-5,9,11H2,1-3H3,(H,17,19,20). The fourth-order valence-corrected chi connectivity index (χ4v) is 2.05. The van der Waals surface area contributed by atoms with Crippen molar-refractivity contribution in [2.45, 2.75) is 26.7 Å². The Morgan fingerprint density at radius 3 is 2.71 bits per heavy atom. The molecule has 0 bridgehead atoms. The van der Waals surface area contributed by atoms with Crippen molar-refractivity contribution < 1.29 is 0 Å². The molecule has 0 atom stereocenters. The van der Waals surface area contributed by atoms with Crippen LogP contribution in [0.2, 0.25) is 0 Å². The third kappa shape index (κ3) is 4.41. The highest BCUT2D eigenvalue weighted by Gasteiger charge is 2.08. The molecule has 0 aliphatic carbocycles. The highest BCUT2D eigenvalue weighted by molar-refractivity contribution is 5.49. The second kappa shape index (κ2) is 7.57. The lowest BCUT2D eigenvalue weighted by atomic mass is 10.2. The topological polar surface area (TPSA) is 53.9 Å². The van der Waals surface area contributed by atoms with Crippen LogP contribution in [0.5, 0.6) is 0 Å². The molecule has 0 aromatic carbocycles. The minimum Gasteiger partial charge on any atom is -0.370 e. The molecule has 1 N–H and O–H groups in total. The third-order valence-electron chi connectivity index (χ3n) is 3.25. The molecule has 0 spiro atoms. The summed E-state index contributed by atoms with van der Waals surface area (Å²) in [4.78, 5) is 15.6. The smallest absolute Gasteiger partial charge is 0.134 e. The first-order chi connectivity index (χ1) is 10.2. The Hall–Kier alpha value is -2.17. The Kier molecular flexibility index (Phi) is 5.49. The number of rotatable bonds is 7. The summed E-state index contributed by atoms with van der Waals surface area (Å²) in [5, 5.41) is 3.26. The minimum atomic E-state index is 0.834. The zero-order chi connectivity index (χ0) is 15.1. The van der Waals surface area contributed by atoms with E-state index in [0.29, 0.717) is 0 Å².